The highest BCUT2D eigenvalue weighted by Gasteiger charge is 2.44. The highest BCUT2D eigenvalue weighted by Crippen LogP contribution is 2.20. The summed E-state index contributed by atoms with van der Waals surface area (Å²) in [4.78, 5) is 24.2. The van der Waals surface area contributed by atoms with Crippen LogP contribution in [0.3, 0.4) is 0 Å². The maximum absolute atomic E-state index is 11.9. The molecule has 1 aliphatic heterocycles. The first-order valence-electron chi connectivity index (χ1n) is 6.10. The van der Waals surface area contributed by atoms with Gasteiger partial charge in [0.25, 0.3) is 0 Å². The molecule has 0 spiro atoms. The molecule has 0 radical (unpaired) electrons. The number of carboxylic acid groups (broad SMARTS) is 1. The zero-order valence-corrected chi connectivity index (χ0v) is 11.8. The van der Waals surface area contributed by atoms with Crippen LogP contribution in [0, 0.1) is 0 Å². The molecule has 1 atom stereocenters. The molecular weight excluding hydrogens is 280 g/mol. The smallest absolute Gasteiger partial charge is 0.332 e. The summed E-state index contributed by atoms with van der Waals surface area (Å²) < 4.78 is 5.08. The van der Waals surface area contributed by atoms with Gasteiger partial charge in [-0.3, -0.25) is 0 Å². The molecule has 0 bridgehead atoms. The Labute approximate surface area is 120 Å². The Morgan fingerprint density at radius 2 is 2.05 bits per heavy atom. The van der Waals surface area contributed by atoms with E-state index in [1.807, 2.05) is 18.4 Å². The van der Waals surface area contributed by atoms with Crippen LogP contribution in [0.2, 0.25) is 0 Å². The van der Waals surface area contributed by atoms with E-state index in [0.717, 1.165) is 4.90 Å². The van der Waals surface area contributed by atoms with Crippen LogP contribution in [0.1, 0.15) is 6.42 Å². The van der Waals surface area contributed by atoms with Crippen molar-refractivity contribution in [3.05, 3.63) is 24.3 Å². The Kier molecular flexibility index (Phi) is 4.51. The number of aliphatic carboxylic acids is 1. The summed E-state index contributed by atoms with van der Waals surface area (Å²) >= 11 is 1.60. The number of benzene rings is 1. The van der Waals surface area contributed by atoms with Gasteiger partial charge in [0.05, 0.1) is 6.61 Å². The maximum atomic E-state index is 11.9. The fourth-order valence-electron chi connectivity index (χ4n) is 1.94. The van der Waals surface area contributed by atoms with Crippen molar-refractivity contribution < 1.29 is 19.4 Å². The van der Waals surface area contributed by atoms with Crippen molar-refractivity contribution >= 4 is 29.4 Å². The average Bonchev–Trinajstić information content (AvgIpc) is 2.89. The molecule has 1 heterocycles. The van der Waals surface area contributed by atoms with E-state index in [1.165, 1.54) is 0 Å². The monoisotopic (exact) mass is 296 g/mol. The van der Waals surface area contributed by atoms with E-state index >= 15 is 0 Å². The molecule has 2 rings (SSSR count). The van der Waals surface area contributed by atoms with Gasteiger partial charge in [-0.25, -0.2) is 9.59 Å². The fraction of sp³-hybridized carbons (Fsp3) is 0.385. The van der Waals surface area contributed by atoms with Crippen molar-refractivity contribution in [2.45, 2.75) is 16.9 Å². The van der Waals surface area contributed by atoms with Crippen LogP contribution < -0.4 is 10.6 Å². The van der Waals surface area contributed by atoms with E-state index in [4.69, 9.17) is 4.74 Å². The lowest BCUT2D eigenvalue weighted by atomic mass is 9.99. The highest BCUT2D eigenvalue weighted by molar-refractivity contribution is 7.98. The third-order valence-electron chi connectivity index (χ3n) is 3.13. The Balaban J connectivity index is 1.99. The third kappa shape index (κ3) is 3.23. The van der Waals surface area contributed by atoms with Crippen LogP contribution in [0.15, 0.2) is 29.2 Å². The summed E-state index contributed by atoms with van der Waals surface area (Å²) in [7, 11) is 0. The predicted octanol–water partition coefficient (Wildman–Crippen LogP) is 1.77. The topological polar surface area (TPSA) is 87.7 Å². The number of urea groups is 1. The molecule has 20 heavy (non-hydrogen) atoms. The Hall–Kier alpha value is -1.73. The molecule has 6 nitrogen and oxygen atoms in total. The first-order chi connectivity index (χ1) is 9.55. The molecule has 2 amide bonds. The van der Waals surface area contributed by atoms with Gasteiger partial charge in [-0.2, -0.15) is 0 Å². The molecule has 3 N–H and O–H groups in total. The Morgan fingerprint density at radius 1 is 1.35 bits per heavy atom. The van der Waals surface area contributed by atoms with E-state index in [9.17, 15) is 14.7 Å². The number of thioether (sulfide) groups is 1. The van der Waals surface area contributed by atoms with Crippen LogP contribution >= 0.6 is 11.8 Å². The molecule has 1 aromatic carbocycles. The lowest BCUT2D eigenvalue weighted by molar-refractivity contribution is -0.144. The molecule has 7 heteroatoms. The van der Waals surface area contributed by atoms with Crippen molar-refractivity contribution in [3.8, 4) is 0 Å². The Bertz CT molecular complexity index is 498. The lowest BCUT2D eigenvalue weighted by Gasteiger charge is -2.23. The minimum atomic E-state index is -1.33. The third-order valence-corrected chi connectivity index (χ3v) is 3.88. The standard InChI is InChI=1S/C13H16N2O4S/c1-20-10-4-2-9(3-5-10)14-12(18)15-13(11(16)17)6-7-19-8-13/h2-5H,6-8H2,1H3,(H,16,17)(H2,14,15,18). The number of carbonyl (C=O) groups excluding carboxylic acids is 1. The van der Waals surface area contributed by atoms with Gasteiger partial charge in [-0.15, -0.1) is 11.8 Å². The van der Waals surface area contributed by atoms with Crippen molar-refractivity contribution in [2.24, 2.45) is 0 Å². The van der Waals surface area contributed by atoms with Crippen LogP contribution in [0.4, 0.5) is 10.5 Å². The summed E-state index contributed by atoms with van der Waals surface area (Å²) in [5.41, 5.74) is -0.719. The summed E-state index contributed by atoms with van der Waals surface area (Å²) in [6, 6.07) is 6.75. The number of hydrogen-bond donors (Lipinski definition) is 3. The number of nitrogens with one attached hydrogen (secondary N) is 2. The highest BCUT2D eigenvalue weighted by atomic mass is 32.2. The van der Waals surface area contributed by atoms with Gasteiger partial charge in [-0.05, 0) is 30.5 Å². The molecule has 1 fully saturated rings. The second kappa shape index (κ2) is 6.15. The van der Waals surface area contributed by atoms with Gasteiger partial charge >= 0.3 is 12.0 Å². The molecule has 0 aromatic heterocycles. The average molecular weight is 296 g/mol. The van der Waals surface area contributed by atoms with E-state index in [-0.39, 0.29) is 13.0 Å². The molecule has 108 valence electrons. The fourth-order valence-corrected chi connectivity index (χ4v) is 2.35. The van der Waals surface area contributed by atoms with Gasteiger partial charge in [-0.1, -0.05) is 0 Å². The minimum absolute atomic E-state index is 0.0127. The number of ether oxygens (including phenoxy) is 1. The molecule has 1 unspecified atom stereocenters. The van der Waals surface area contributed by atoms with Gasteiger partial charge in [0.15, 0.2) is 5.54 Å². The zero-order valence-electron chi connectivity index (χ0n) is 11.0. The molecule has 1 aliphatic rings. The number of hydrogen-bond acceptors (Lipinski definition) is 4. The van der Waals surface area contributed by atoms with Crippen LogP contribution in [0.25, 0.3) is 0 Å². The van der Waals surface area contributed by atoms with Gasteiger partial charge in [0.2, 0.25) is 0 Å². The first kappa shape index (κ1) is 14.7. The molecule has 0 aliphatic carbocycles. The Morgan fingerprint density at radius 3 is 2.55 bits per heavy atom. The molecular formula is C13H16N2O4S. The summed E-state index contributed by atoms with van der Waals surface area (Å²) in [5.74, 6) is -1.08. The lowest BCUT2D eigenvalue weighted by Crippen LogP contribution is -2.56. The number of anilines is 1. The normalized spacial score (nSPS) is 21.4. The van der Waals surface area contributed by atoms with Crippen LogP contribution in [0.5, 0.6) is 0 Å². The zero-order chi connectivity index (χ0) is 14.6. The van der Waals surface area contributed by atoms with Crippen molar-refractivity contribution in [1.82, 2.24) is 5.32 Å². The van der Waals surface area contributed by atoms with Crippen molar-refractivity contribution in [2.75, 3.05) is 24.8 Å². The maximum Gasteiger partial charge on any atom is 0.332 e. The SMILES string of the molecule is CSc1ccc(NC(=O)NC2(C(=O)O)CCOC2)cc1. The van der Waals surface area contributed by atoms with Gasteiger partial charge in [0, 0.05) is 23.6 Å². The largest absolute Gasteiger partial charge is 0.479 e. The number of rotatable bonds is 4. The van der Waals surface area contributed by atoms with E-state index < -0.39 is 17.5 Å². The second-order valence-electron chi connectivity index (χ2n) is 4.50. The number of amides is 2. The quantitative estimate of drug-likeness (QED) is 0.737. The first-order valence-corrected chi connectivity index (χ1v) is 7.32. The summed E-state index contributed by atoms with van der Waals surface area (Å²) in [6.45, 7) is 0.316. The van der Waals surface area contributed by atoms with Gasteiger partial charge < -0.3 is 20.5 Å². The van der Waals surface area contributed by atoms with E-state index in [1.54, 1.807) is 23.9 Å². The summed E-state index contributed by atoms with van der Waals surface area (Å²) in [6.07, 6.45) is 2.23. The van der Waals surface area contributed by atoms with E-state index in [2.05, 4.69) is 10.6 Å². The van der Waals surface area contributed by atoms with Gasteiger partial charge in [0.1, 0.15) is 0 Å². The predicted molar refractivity (Wildman–Crippen MR) is 76.2 cm³/mol. The van der Waals surface area contributed by atoms with Crippen LogP contribution in [-0.2, 0) is 9.53 Å². The van der Waals surface area contributed by atoms with Crippen LogP contribution in [-0.4, -0.2) is 42.1 Å². The number of carboxylic acids is 1. The molecule has 1 saturated heterocycles. The van der Waals surface area contributed by atoms with Crippen molar-refractivity contribution in [3.63, 3.8) is 0 Å². The number of carbonyl (C=O) groups is 2. The second-order valence-corrected chi connectivity index (χ2v) is 5.38. The van der Waals surface area contributed by atoms with Crippen molar-refractivity contribution in [1.29, 1.82) is 0 Å². The van der Waals surface area contributed by atoms with E-state index in [0.29, 0.717) is 12.3 Å². The molecule has 1 aromatic rings. The summed E-state index contributed by atoms with van der Waals surface area (Å²) in [5, 5.41) is 14.3. The minimum Gasteiger partial charge on any atom is -0.479 e. The molecule has 0 saturated carbocycles.